The lowest BCUT2D eigenvalue weighted by Crippen LogP contribution is -2.13. The second-order valence-corrected chi connectivity index (χ2v) is 5.24. The van der Waals surface area contributed by atoms with Crippen LogP contribution in [0.15, 0.2) is 6.20 Å². The van der Waals surface area contributed by atoms with E-state index in [-0.39, 0.29) is 5.41 Å². The molecule has 0 saturated carbocycles. The summed E-state index contributed by atoms with van der Waals surface area (Å²) in [6.45, 7) is 10.1. The lowest BCUT2D eigenvalue weighted by atomic mass is 9.92. The molecule has 0 aromatic carbocycles. The first kappa shape index (κ1) is 12.1. The first-order chi connectivity index (χ1) is 6.79. The first-order valence-electron chi connectivity index (χ1n) is 5.30. The van der Waals surface area contributed by atoms with Crippen LogP contribution in [-0.4, -0.2) is 15.1 Å². The molecule has 0 fully saturated rings. The van der Waals surface area contributed by atoms with Gasteiger partial charge < -0.3 is 5.11 Å². The number of aliphatic hydroxyl groups excluding tert-OH is 1. The molecule has 15 heavy (non-hydrogen) atoms. The molecule has 84 valence electrons. The van der Waals surface area contributed by atoms with Gasteiger partial charge >= 0.3 is 0 Å². The van der Waals surface area contributed by atoms with Crippen molar-refractivity contribution < 1.29 is 5.11 Å². The number of aromatic nitrogens is 2. The van der Waals surface area contributed by atoms with E-state index in [9.17, 15) is 5.11 Å². The van der Waals surface area contributed by atoms with Gasteiger partial charge in [0.15, 0.2) is 0 Å². The fourth-order valence-electron chi connectivity index (χ4n) is 1.49. The van der Waals surface area contributed by atoms with Crippen molar-refractivity contribution >= 4 is 0 Å². The average Bonchev–Trinajstić information content (AvgIpc) is 1.99. The van der Waals surface area contributed by atoms with Crippen molar-refractivity contribution in [2.45, 2.75) is 47.1 Å². The largest absolute Gasteiger partial charge is 0.389 e. The average molecular weight is 208 g/mol. The standard InChI is InChI=1S/C12H20N2O/c1-8-10(9(2)15)7-13-11(14-8)6-12(3,4)5/h7,9,15H,6H2,1-5H3. The molecule has 1 rings (SSSR count). The summed E-state index contributed by atoms with van der Waals surface area (Å²) >= 11 is 0. The first-order valence-corrected chi connectivity index (χ1v) is 5.30. The predicted molar refractivity (Wildman–Crippen MR) is 60.6 cm³/mol. The highest BCUT2D eigenvalue weighted by Gasteiger charge is 2.15. The maximum Gasteiger partial charge on any atom is 0.129 e. The summed E-state index contributed by atoms with van der Waals surface area (Å²) in [7, 11) is 0. The molecule has 1 aromatic heterocycles. The van der Waals surface area contributed by atoms with Crippen LogP contribution in [0, 0.1) is 12.3 Å². The Balaban J connectivity index is 2.92. The quantitative estimate of drug-likeness (QED) is 0.812. The molecule has 3 nitrogen and oxygen atoms in total. The lowest BCUT2D eigenvalue weighted by Gasteiger charge is -2.17. The molecular formula is C12H20N2O. The van der Waals surface area contributed by atoms with Crippen LogP contribution in [0.25, 0.3) is 0 Å². The van der Waals surface area contributed by atoms with E-state index < -0.39 is 6.10 Å². The molecule has 1 heterocycles. The van der Waals surface area contributed by atoms with Gasteiger partial charge in [-0.05, 0) is 19.3 Å². The molecule has 0 bridgehead atoms. The fourth-order valence-corrected chi connectivity index (χ4v) is 1.49. The van der Waals surface area contributed by atoms with Crippen molar-refractivity contribution in [2.75, 3.05) is 0 Å². The minimum atomic E-state index is -0.492. The monoisotopic (exact) mass is 208 g/mol. The topological polar surface area (TPSA) is 46.0 Å². The molecule has 0 saturated heterocycles. The van der Waals surface area contributed by atoms with Crippen LogP contribution in [0.4, 0.5) is 0 Å². The van der Waals surface area contributed by atoms with Gasteiger partial charge in [0.2, 0.25) is 0 Å². The van der Waals surface area contributed by atoms with Crippen molar-refractivity contribution in [3.8, 4) is 0 Å². The van der Waals surface area contributed by atoms with Gasteiger partial charge in [-0.15, -0.1) is 0 Å². The Morgan fingerprint density at radius 2 is 2.00 bits per heavy atom. The van der Waals surface area contributed by atoms with Crippen molar-refractivity contribution in [3.63, 3.8) is 0 Å². The van der Waals surface area contributed by atoms with E-state index in [1.807, 2.05) is 6.92 Å². The molecule has 0 radical (unpaired) electrons. The number of aryl methyl sites for hydroxylation is 1. The van der Waals surface area contributed by atoms with Crippen LogP contribution in [0.2, 0.25) is 0 Å². The molecule has 1 aromatic rings. The van der Waals surface area contributed by atoms with Crippen LogP contribution >= 0.6 is 0 Å². The Morgan fingerprint density at radius 1 is 1.40 bits per heavy atom. The van der Waals surface area contributed by atoms with Crippen LogP contribution in [0.1, 0.15) is 50.9 Å². The molecular weight excluding hydrogens is 188 g/mol. The van der Waals surface area contributed by atoms with E-state index in [0.29, 0.717) is 0 Å². The van der Waals surface area contributed by atoms with Gasteiger partial charge in [0.25, 0.3) is 0 Å². The molecule has 0 amide bonds. The minimum absolute atomic E-state index is 0.193. The van der Waals surface area contributed by atoms with E-state index in [1.54, 1.807) is 13.1 Å². The third-order valence-electron chi connectivity index (χ3n) is 2.21. The van der Waals surface area contributed by atoms with Gasteiger partial charge in [-0.2, -0.15) is 0 Å². The maximum absolute atomic E-state index is 9.45. The van der Waals surface area contributed by atoms with E-state index >= 15 is 0 Å². The summed E-state index contributed by atoms with van der Waals surface area (Å²) in [5, 5.41) is 9.45. The Bertz CT molecular complexity index is 340. The molecule has 0 aliphatic heterocycles. The number of nitrogens with zero attached hydrogens (tertiary/aromatic N) is 2. The van der Waals surface area contributed by atoms with Crippen LogP contribution in [0.5, 0.6) is 0 Å². The second kappa shape index (κ2) is 4.27. The lowest BCUT2D eigenvalue weighted by molar-refractivity contribution is 0.197. The highest BCUT2D eigenvalue weighted by molar-refractivity contribution is 5.18. The zero-order chi connectivity index (χ0) is 11.6. The second-order valence-electron chi connectivity index (χ2n) is 5.24. The Morgan fingerprint density at radius 3 is 2.40 bits per heavy atom. The van der Waals surface area contributed by atoms with E-state index in [1.165, 1.54) is 0 Å². The van der Waals surface area contributed by atoms with Gasteiger partial charge in [0.1, 0.15) is 5.82 Å². The Labute approximate surface area is 91.6 Å². The molecule has 1 unspecified atom stereocenters. The SMILES string of the molecule is Cc1nc(CC(C)(C)C)ncc1C(C)O. The molecule has 1 atom stereocenters. The van der Waals surface area contributed by atoms with Crippen LogP contribution in [0.3, 0.4) is 0 Å². The third kappa shape index (κ3) is 3.59. The van der Waals surface area contributed by atoms with Crippen LogP contribution < -0.4 is 0 Å². The summed E-state index contributed by atoms with van der Waals surface area (Å²) in [5.74, 6) is 0.851. The van der Waals surface area contributed by atoms with E-state index in [4.69, 9.17) is 0 Å². The number of hydrogen-bond donors (Lipinski definition) is 1. The third-order valence-corrected chi connectivity index (χ3v) is 2.21. The molecule has 0 aliphatic rings. The van der Waals surface area contributed by atoms with Crippen LogP contribution in [-0.2, 0) is 6.42 Å². The van der Waals surface area contributed by atoms with Gasteiger partial charge in [0.05, 0.1) is 6.10 Å². The number of aliphatic hydroxyl groups is 1. The maximum atomic E-state index is 9.45. The highest BCUT2D eigenvalue weighted by Crippen LogP contribution is 2.20. The van der Waals surface area contributed by atoms with E-state index in [2.05, 4.69) is 30.7 Å². The minimum Gasteiger partial charge on any atom is -0.389 e. The van der Waals surface area contributed by atoms with Crippen molar-refractivity contribution in [2.24, 2.45) is 5.41 Å². The summed E-state index contributed by atoms with van der Waals surface area (Å²) in [5.41, 5.74) is 1.88. The zero-order valence-corrected chi connectivity index (χ0v) is 10.2. The summed E-state index contributed by atoms with van der Waals surface area (Å²) in [6.07, 6.45) is 2.09. The van der Waals surface area contributed by atoms with Gasteiger partial charge in [-0.25, -0.2) is 9.97 Å². The Hall–Kier alpha value is -0.960. The van der Waals surface area contributed by atoms with Gasteiger partial charge in [-0.3, -0.25) is 0 Å². The smallest absolute Gasteiger partial charge is 0.129 e. The summed E-state index contributed by atoms with van der Waals surface area (Å²) < 4.78 is 0. The zero-order valence-electron chi connectivity index (χ0n) is 10.2. The van der Waals surface area contributed by atoms with Crippen molar-refractivity contribution in [3.05, 3.63) is 23.3 Å². The Kier molecular flexibility index (Phi) is 3.45. The molecule has 1 N–H and O–H groups in total. The van der Waals surface area contributed by atoms with Crippen molar-refractivity contribution in [1.82, 2.24) is 9.97 Å². The number of hydrogen-bond acceptors (Lipinski definition) is 3. The van der Waals surface area contributed by atoms with E-state index in [0.717, 1.165) is 23.5 Å². The van der Waals surface area contributed by atoms with Gasteiger partial charge in [-0.1, -0.05) is 20.8 Å². The molecule has 3 heteroatoms. The fraction of sp³-hybridized carbons (Fsp3) is 0.667. The molecule has 0 aliphatic carbocycles. The highest BCUT2D eigenvalue weighted by atomic mass is 16.3. The normalized spacial score (nSPS) is 14.0. The predicted octanol–water partition coefficient (Wildman–Crippen LogP) is 2.43. The summed E-state index contributed by atoms with van der Waals surface area (Å²) in [4.78, 5) is 8.68. The number of rotatable bonds is 2. The molecule has 0 spiro atoms. The van der Waals surface area contributed by atoms with Crippen molar-refractivity contribution in [1.29, 1.82) is 0 Å². The van der Waals surface area contributed by atoms with Gasteiger partial charge in [0, 0.05) is 23.9 Å². The summed E-state index contributed by atoms with van der Waals surface area (Å²) in [6, 6.07) is 0.